The van der Waals surface area contributed by atoms with Gasteiger partial charge in [0.2, 0.25) is 5.91 Å². The molecule has 1 aliphatic heterocycles. The van der Waals surface area contributed by atoms with Gasteiger partial charge >= 0.3 is 5.97 Å². The summed E-state index contributed by atoms with van der Waals surface area (Å²) >= 11 is 0. The van der Waals surface area contributed by atoms with Crippen LogP contribution in [0, 0.1) is 11.3 Å². The van der Waals surface area contributed by atoms with Crippen molar-refractivity contribution in [3.63, 3.8) is 0 Å². The summed E-state index contributed by atoms with van der Waals surface area (Å²) in [6.45, 7) is 0.138. The number of carboxylic acid groups (broad SMARTS) is 1. The van der Waals surface area contributed by atoms with Crippen LogP contribution in [0.5, 0.6) is 5.75 Å². The quantitative estimate of drug-likeness (QED) is 0.295. The summed E-state index contributed by atoms with van der Waals surface area (Å²) in [5, 5.41) is 16.9. The van der Waals surface area contributed by atoms with E-state index < -0.39 is 17.9 Å². The van der Waals surface area contributed by atoms with Crippen LogP contribution in [0.2, 0.25) is 0 Å². The van der Waals surface area contributed by atoms with Crippen LogP contribution in [0.4, 0.5) is 5.69 Å². The molecule has 0 radical (unpaired) electrons. The molecule has 2 amide bonds. The van der Waals surface area contributed by atoms with Crippen LogP contribution in [-0.2, 0) is 9.59 Å². The normalized spacial score (nSPS) is 16.8. The van der Waals surface area contributed by atoms with Crippen molar-refractivity contribution in [3.05, 3.63) is 83.9 Å². The monoisotopic (exact) mass is 514 g/mol. The lowest BCUT2D eigenvalue weighted by Gasteiger charge is -2.27. The molecule has 9 nitrogen and oxygen atoms in total. The van der Waals surface area contributed by atoms with Crippen molar-refractivity contribution in [1.82, 2.24) is 4.90 Å². The Labute approximate surface area is 220 Å². The SMILES string of the molecule is CN(C)C(=O)c1ccccc1N1C(=O)[C@H](CC(=O)O)C[C@H]1COc1ccc(-c2ccc(C(=N)N)cc2)cc1. The molecule has 4 rings (SSSR count). The van der Waals surface area contributed by atoms with Crippen molar-refractivity contribution >= 4 is 29.3 Å². The summed E-state index contributed by atoms with van der Waals surface area (Å²) in [5.74, 6) is -1.72. The average molecular weight is 515 g/mol. The van der Waals surface area contributed by atoms with E-state index >= 15 is 0 Å². The van der Waals surface area contributed by atoms with Gasteiger partial charge in [-0.1, -0.05) is 48.5 Å². The Hall–Kier alpha value is -4.66. The van der Waals surface area contributed by atoms with E-state index in [4.69, 9.17) is 15.9 Å². The molecule has 0 saturated carbocycles. The molecular formula is C29H30N4O5. The van der Waals surface area contributed by atoms with Crippen LogP contribution in [0.1, 0.15) is 28.8 Å². The largest absolute Gasteiger partial charge is 0.491 e. The Morgan fingerprint density at radius 3 is 2.21 bits per heavy atom. The minimum absolute atomic E-state index is 0.0130. The smallest absolute Gasteiger partial charge is 0.304 e. The van der Waals surface area contributed by atoms with E-state index in [0.717, 1.165) is 11.1 Å². The topological polar surface area (TPSA) is 137 Å². The summed E-state index contributed by atoms with van der Waals surface area (Å²) in [6.07, 6.45) is 0.0168. The highest BCUT2D eigenvalue weighted by molar-refractivity contribution is 6.07. The van der Waals surface area contributed by atoms with Crippen LogP contribution < -0.4 is 15.4 Å². The molecule has 1 saturated heterocycles. The number of carboxylic acids is 1. The Morgan fingerprint density at radius 2 is 1.63 bits per heavy atom. The summed E-state index contributed by atoms with van der Waals surface area (Å²) in [5.41, 5.74) is 8.92. The predicted molar refractivity (Wildman–Crippen MR) is 144 cm³/mol. The fraction of sp³-hybridized carbons (Fsp3) is 0.241. The first-order valence-electron chi connectivity index (χ1n) is 12.2. The highest BCUT2D eigenvalue weighted by atomic mass is 16.5. The van der Waals surface area contributed by atoms with Crippen molar-refractivity contribution in [1.29, 1.82) is 5.41 Å². The summed E-state index contributed by atoms with van der Waals surface area (Å²) in [4.78, 5) is 40.5. The maximum atomic E-state index is 13.3. The third-order valence-electron chi connectivity index (χ3n) is 6.56. The number of rotatable bonds is 9. The van der Waals surface area contributed by atoms with Gasteiger partial charge in [0.05, 0.1) is 29.6 Å². The van der Waals surface area contributed by atoms with Crippen LogP contribution in [0.3, 0.4) is 0 Å². The lowest BCUT2D eigenvalue weighted by atomic mass is 10.0. The number of carbonyl (C=O) groups is 3. The van der Waals surface area contributed by atoms with Gasteiger partial charge in [0.15, 0.2) is 0 Å². The number of hydrogen-bond donors (Lipinski definition) is 3. The van der Waals surface area contributed by atoms with Crippen molar-refractivity contribution in [2.75, 3.05) is 25.6 Å². The van der Waals surface area contributed by atoms with Crippen molar-refractivity contribution in [2.24, 2.45) is 11.7 Å². The fourth-order valence-corrected chi connectivity index (χ4v) is 4.63. The van der Waals surface area contributed by atoms with Crippen molar-refractivity contribution in [3.8, 4) is 16.9 Å². The second-order valence-electron chi connectivity index (χ2n) is 9.44. The zero-order valence-corrected chi connectivity index (χ0v) is 21.3. The molecule has 1 heterocycles. The van der Waals surface area contributed by atoms with E-state index in [1.807, 2.05) is 36.4 Å². The van der Waals surface area contributed by atoms with E-state index in [2.05, 4.69) is 0 Å². The maximum Gasteiger partial charge on any atom is 0.304 e. The first-order chi connectivity index (χ1) is 18.2. The van der Waals surface area contributed by atoms with Gasteiger partial charge in [-0.15, -0.1) is 0 Å². The zero-order chi connectivity index (χ0) is 27.4. The molecule has 4 N–H and O–H groups in total. The van der Waals surface area contributed by atoms with Crippen molar-refractivity contribution < 1.29 is 24.2 Å². The second-order valence-corrected chi connectivity index (χ2v) is 9.44. The number of ether oxygens (including phenoxy) is 1. The average Bonchev–Trinajstić information content (AvgIpc) is 3.21. The van der Waals surface area contributed by atoms with Crippen LogP contribution in [-0.4, -0.2) is 60.4 Å². The molecule has 0 bridgehead atoms. The number of amidine groups is 1. The minimum atomic E-state index is -1.05. The number of anilines is 1. The predicted octanol–water partition coefficient (Wildman–Crippen LogP) is 3.61. The van der Waals surface area contributed by atoms with Crippen LogP contribution in [0.25, 0.3) is 11.1 Å². The Morgan fingerprint density at radius 1 is 1.03 bits per heavy atom. The Bertz CT molecular complexity index is 1350. The number of para-hydroxylation sites is 1. The standard InChI is InChI=1S/C29H30N4O5/c1-32(2)29(37)24-5-3-4-6-25(24)33-22(15-21(28(33)36)16-26(34)35)17-38-23-13-11-19(12-14-23)18-7-9-20(10-8-18)27(30)31/h3-14,21-22H,15-17H2,1-2H3,(H3,30,31)(H,34,35)/t21-,22-/m0/s1. The number of hydrogen-bond acceptors (Lipinski definition) is 5. The van der Waals surface area contributed by atoms with Gasteiger partial charge in [0.25, 0.3) is 5.91 Å². The zero-order valence-electron chi connectivity index (χ0n) is 21.3. The molecule has 9 heteroatoms. The molecule has 3 aromatic carbocycles. The summed E-state index contributed by atoms with van der Waals surface area (Å²) in [6, 6.07) is 21.2. The van der Waals surface area contributed by atoms with Gasteiger partial charge in [0.1, 0.15) is 18.2 Å². The highest BCUT2D eigenvalue weighted by Gasteiger charge is 2.42. The summed E-state index contributed by atoms with van der Waals surface area (Å²) < 4.78 is 6.05. The van der Waals surface area contributed by atoms with Crippen LogP contribution >= 0.6 is 0 Å². The maximum absolute atomic E-state index is 13.3. The van der Waals surface area contributed by atoms with E-state index in [1.165, 1.54) is 9.80 Å². The third-order valence-corrected chi connectivity index (χ3v) is 6.56. The first kappa shape index (κ1) is 26.4. The molecule has 3 aromatic rings. The van der Waals surface area contributed by atoms with Gasteiger partial charge in [-0.2, -0.15) is 0 Å². The van der Waals surface area contributed by atoms with Gasteiger partial charge in [-0.05, 0) is 41.8 Å². The molecule has 2 atom stereocenters. The lowest BCUT2D eigenvalue weighted by molar-refractivity contribution is -0.140. The van der Waals surface area contributed by atoms with E-state index in [9.17, 15) is 19.5 Å². The van der Waals surface area contributed by atoms with E-state index in [-0.39, 0.29) is 30.7 Å². The number of carbonyl (C=O) groups excluding carboxylic acids is 2. The number of amides is 2. The molecule has 196 valence electrons. The first-order valence-corrected chi connectivity index (χ1v) is 12.2. The number of nitrogen functional groups attached to an aromatic ring is 1. The Balaban J connectivity index is 1.54. The van der Waals surface area contributed by atoms with E-state index in [0.29, 0.717) is 29.0 Å². The molecule has 0 aliphatic carbocycles. The van der Waals surface area contributed by atoms with Crippen molar-refractivity contribution in [2.45, 2.75) is 18.9 Å². The second kappa shape index (κ2) is 11.2. The molecule has 0 spiro atoms. The molecule has 0 unspecified atom stereocenters. The highest BCUT2D eigenvalue weighted by Crippen LogP contribution is 2.35. The molecular weight excluding hydrogens is 484 g/mol. The molecule has 38 heavy (non-hydrogen) atoms. The third kappa shape index (κ3) is 5.67. The molecule has 1 fully saturated rings. The molecule has 1 aliphatic rings. The van der Waals surface area contributed by atoms with Crippen LogP contribution in [0.15, 0.2) is 72.8 Å². The number of nitrogens with two attached hydrogens (primary N) is 1. The minimum Gasteiger partial charge on any atom is -0.491 e. The fourth-order valence-electron chi connectivity index (χ4n) is 4.63. The number of aliphatic carboxylic acids is 1. The molecule has 0 aromatic heterocycles. The Kier molecular flexibility index (Phi) is 7.76. The van der Waals surface area contributed by atoms with Gasteiger partial charge in [-0.25, -0.2) is 0 Å². The van der Waals surface area contributed by atoms with E-state index in [1.54, 1.807) is 50.5 Å². The number of nitrogens with one attached hydrogen (secondary N) is 1. The number of benzene rings is 3. The van der Waals surface area contributed by atoms with Gasteiger partial charge in [-0.3, -0.25) is 19.8 Å². The van der Waals surface area contributed by atoms with Gasteiger partial charge in [0, 0.05) is 19.7 Å². The summed E-state index contributed by atoms with van der Waals surface area (Å²) in [7, 11) is 3.28. The number of nitrogens with zero attached hydrogens (tertiary/aromatic N) is 2. The lowest BCUT2D eigenvalue weighted by Crippen LogP contribution is -2.39. The van der Waals surface area contributed by atoms with Gasteiger partial charge < -0.3 is 25.4 Å².